The zero-order valence-electron chi connectivity index (χ0n) is 12.9. The average Bonchev–Trinajstić information content (AvgIpc) is 2.55. The third-order valence-corrected chi connectivity index (χ3v) is 3.36. The predicted molar refractivity (Wildman–Crippen MR) is 83.0 cm³/mol. The van der Waals surface area contributed by atoms with Crippen LogP contribution in [0.15, 0.2) is 36.5 Å². The highest BCUT2D eigenvalue weighted by Gasteiger charge is 2.37. The highest BCUT2D eigenvalue weighted by molar-refractivity contribution is 6.44. The molecule has 2 rings (SSSR count). The largest absolute Gasteiger partial charge is 0.416 e. The standard InChI is InChI=1S/C15H8ClF6N3O2/c16-11-10(2-1-3-23-11)25-13(27)12(26)24-9-5-7(14(17,18)19)4-8(6-9)15(20,21)22/h1-6H,(H,24,26)(H,25,27). The Hall–Kier alpha value is -2.82. The lowest BCUT2D eigenvalue weighted by Crippen LogP contribution is -2.29. The lowest BCUT2D eigenvalue weighted by atomic mass is 10.1. The van der Waals surface area contributed by atoms with Gasteiger partial charge in [-0.05, 0) is 30.3 Å². The SMILES string of the molecule is O=C(Nc1cc(C(F)(F)F)cc(C(F)(F)F)c1)C(=O)Nc1cccnc1Cl. The summed E-state index contributed by atoms with van der Waals surface area (Å²) in [5.41, 5.74) is -4.19. The van der Waals surface area contributed by atoms with Crippen LogP contribution in [-0.4, -0.2) is 16.8 Å². The summed E-state index contributed by atoms with van der Waals surface area (Å²) in [5.74, 6) is -2.86. The predicted octanol–water partition coefficient (Wildman–Crippen LogP) is 4.35. The van der Waals surface area contributed by atoms with Crippen LogP contribution < -0.4 is 10.6 Å². The van der Waals surface area contributed by atoms with Gasteiger partial charge in [0.05, 0.1) is 16.8 Å². The van der Waals surface area contributed by atoms with Gasteiger partial charge in [0.15, 0.2) is 5.15 Å². The number of benzene rings is 1. The second-order valence-corrected chi connectivity index (χ2v) is 5.40. The van der Waals surface area contributed by atoms with Crippen LogP contribution in [0.5, 0.6) is 0 Å². The Kier molecular flexibility index (Phi) is 5.64. The molecule has 27 heavy (non-hydrogen) atoms. The van der Waals surface area contributed by atoms with Gasteiger partial charge in [0.1, 0.15) is 0 Å². The number of alkyl halides is 6. The van der Waals surface area contributed by atoms with E-state index in [4.69, 9.17) is 11.6 Å². The number of nitrogens with one attached hydrogen (secondary N) is 2. The number of aromatic nitrogens is 1. The molecule has 0 unspecified atom stereocenters. The third-order valence-electron chi connectivity index (χ3n) is 3.06. The van der Waals surface area contributed by atoms with Crippen molar-refractivity contribution in [3.63, 3.8) is 0 Å². The van der Waals surface area contributed by atoms with E-state index in [0.717, 1.165) is 0 Å². The highest BCUT2D eigenvalue weighted by atomic mass is 35.5. The van der Waals surface area contributed by atoms with Gasteiger partial charge in [-0.1, -0.05) is 11.6 Å². The van der Waals surface area contributed by atoms with Gasteiger partial charge in [0.2, 0.25) is 0 Å². The highest BCUT2D eigenvalue weighted by Crippen LogP contribution is 2.37. The van der Waals surface area contributed by atoms with Gasteiger partial charge < -0.3 is 10.6 Å². The number of anilines is 2. The lowest BCUT2D eigenvalue weighted by molar-refractivity contribution is -0.143. The van der Waals surface area contributed by atoms with Gasteiger partial charge in [0, 0.05) is 11.9 Å². The lowest BCUT2D eigenvalue weighted by Gasteiger charge is -2.14. The number of halogens is 7. The number of hydrogen-bond donors (Lipinski definition) is 2. The van der Waals surface area contributed by atoms with Crippen LogP contribution in [0.4, 0.5) is 37.7 Å². The summed E-state index contributed by atoms with van der Waals surface area (Å²) >= 11 is 5.67. The molecule has 0 aliphatic carbocycles. The molecule has 1 aromatic heterocycles. The van der Waals surface area contributed by atoms with Gasteiger partial charge in [0.25, 0.3) is 0 Å². The summed E-state index contributed by atoms with van der Waals surface area (Å²) in [6, 6.07) is 3.11. The number of pyridine rings is 1. The zero-order valence-corrected chi connectivity index (χ0v) is 13.6. The molecule has 2 amide bonds. The molecule has 1 aromatic carbocycles. The van der Waals surface area contributed by atoms with Crippen LogP contribution in [0.2, 0.25) is 5.15 Å². The number of hydrogen-bond acceptors (Lipinski definition) is 3. The van der Waals surface area contributed by atoms with Crippen LogP contribution in [0.1, 0.15) is 11.1 Å². The maximum atomic E-state index is 12.8. The molecule has 0 aliphatic rings. The van der Waals surface area contributed by atoms with E-state index < -0.39 is 41.0 Å². The summed E-state index contributed by atoms with van der Waals surface area (Å²) in [5, 5.41) is 3.55. The maximum Gasteiger partial charge on any atom is 0.416 e. The molecule has 144 valence electrons. The second kappa shape index (κ2) is 7.43. The molecule has 0 aliphatic heterocycles. The number of rotatable bonds is 2. The molecule has 0 bridgehead atoms. The Morgan fingerprint density at radius 2 is 1.41 bits per heavy atom. The van der Waals surface area contributed by atoms with Crippen LogP contribution in [0, 0.1) is 0 Å². The molecular formula is C15H8ClF6N3O2. The monoisotopic (exact) mass is 411 g/mol. The average molecular weight is 412 g/mol. The number of carbonyl (C=O) groups excluding carboxylic acids is 2. The summed E-state index contributed by atoms with van der Waals surface area (Å²) in [4.78, 5) is 27.2. The van der Waals surface area contributed by atoms with Crippen molar-refractivity contribution in [3.8, 4) is 0 Å². The fourth-order valence-corrected chi connectivity index (χ4v) is 2.04. The van der Waals surface area contributed by atoms with E-state index in [1.807, 2.05) is 5.32 Å². The van der Waals surface area contributed by atoms with Gasteiger partial charge in [-0.3, -0.25) is 9.59 Å². The van der Waals surface area contributed by atoms with E-state index in [9.17, 15) is 35.9 Å². The van der Waals surface area contributed by atoms with E-state index in [1.165, 1.54) is 18.3 Å². The van der Waals surface area contributed by atoms with Crippen molar-refractivity contribution in [2.24, 2.45) is 0 Å². The first-order chi connectivity index (χ1) is 12.4. The molecule has 2 N–H and O–H groups in total. The van der Waals surface area contributed by atoms with E-state index in [1.54, 1.807) is 5.32 Å². The molecular weight excluding hydrogens is 404 g/mol. The van der Waals surface area contributed by atoms with Crippen molar-refractivity contribution in [1.29, 1.82) is 0 Å². The Morgan fingerprint density at radius 1 is 0.889 bits per heavy atom. The van der Waals surface area contributed by atoms with E-state index in [0.29, 0.717) is 0 Å². The fraction of sp³-hybridized carbons (Fsp3) is 0.133. The van der Waals surface area contributed by atoms with Crippen molar-refractivity contribution in [2.75, 3.05) is 10.6 Å². The van der Waals surface area contributed by atoms with Gasteiger partial charge in [-0.2, -0.15) is 26.3 Å². The van der Waals surface area contributed by atoms with Gasteiger partial charge in [-0.25, -0.2) is 4.98 Å². The molecule has 0 spiro atoms. The topological polar surface area (TPSA) is 71.1 Å². The number of amides is 2. The van der Waals surface area contributed by atoms with Crippen LogP contribution in [0.3, 0.4) is 0 Å². The molecule has 0 atom stereocenters. The molecule has 0 saturated carbocycles. The third kappa shape index (κ3) is 5.33. The Morgan fingerprint density at radius 3 is 1.89 bits per heavy atom. The minimum atomic E-state index is -5.09. The molecule has 2 aromatic rings. The van der Waals surface area contributed by atoms with E-state index in [2.05, 4.69) is 4.98 Å². The molecule has 0 saturated heterocycles. The van der Waals surface area contributed by atoms with Crippen LogP contribution in [0.25, 0.3) is 0 Å². The van der Waals surface area contributed by atoms with Crippen molar-refractivity contribution in [2.45, 2.75) is 12.4 Å². The van der Waals surface area contributed by atoms with Crippen molar-refractivity contribution >= 4 is 34.8 Å². The summed E-state index contributed by atoms with van der Waals surface area (Å²) in [6.07, 6.45) is -8.89. The zero-order chi connectivity index (χ0) is 20.4. The molecule has 1 heterocycles. The normalized spacial score (nSPS) is 11.8. The van der Waals surface area contributed by atoms with Crippen LogP contribution in [-0.2, 0) is 21.9 Å². The quantitative estimate of drug-likeness (QED) is 0.438. The van der Waals surface area contributed by atoms with E-state index in [-0.39, 0.29) is 29.0 Å². The Labute approximate surface area is 152 Å². The van der Waals surface area contributed by atoms with Crippen molar-refractivity contribution in [3.05, 3.63) is 52.8 Å². The first-order valence-corrected chi connectivity index (χ1v) is 7.28. The maximum absolute atomic E-state index is 12.8. The van der Waals surface area contributed by atoms with Gasteiger partial charge in [-0.15, -0.1) is 0 Å². The first kappa shape index (κ1) is 20.5. The second-order valence-electron chi connectivity index (χ2n) is 5.04. The molecule has 5 nitrogen and oxygen atoms in total. The fourth-order valence-electron chi connectivity index (χ4n) is 1.87. The minimum absolute atomic E-state index is 0.0701. The Bertz CT molecular complexity index is 850. The number of carbonyl (C=O) groups is 2. The summed E-state index contributed by atoms with van der Waals surface area (Å²) in [7, 11) is 0. The Balaban J connectivity index is 2.26. The molecule has 0 radical (unpaired) electrons. The summed E-state index contributed by atoms with van der Waals surface area (Å²) in [6.45, 7) is 0. The summed E-state index contributed by atoms with van der Waals surface area (Å²) < 4.78 is 76.7. The number of nitrogens with zero attached hydrogens (tertiary/aromatic N) is 1. The first-order valence-electron chi connectivity index (χ1n) is 6.90. The molecule has 12 heteroatoms. The minimum Gasteiger partial charge on any atom is -0.318 e. The molecule has 0 fully saturated rings. The smallest absolute Gasteiger partial charge is 0.318 e. The van der Waals surface area contributed by atoms with Crippen LogP contribution >= 0.6 is 11.6 Å². The van der Waals surface area contributed by atoms with Gasteiger partial charge >= 0.3 is 24.2 Å². The van der Waals surface area contributed by atoms with E-state index >= 15 is 0 Å². The van der Waals surface area contributed by atoms with Crippen molar-refractivity contribution < 1.29 is 35.9 Å². The van der Waals surface area contributed by atoms with Crippen molar-refractivity contribution in [1.82, 2.24) is 4.98 Å².